The van der Waals surface area contributed by atoms with Gasteiger partial charge in [0.1, 0.15) is 0 Å². The fraction of sp³-hybridized carbons (Fsp3) is 0.429. The van der Waals surface area contributed by atoms with Crippen molar-refractivity contribution < 1.29 is 4.79 Å². The first-order valence-corrected chi connectivity index (χ1v) is 6.33. The third kappa shape index (κ3) is 3.31. The largest absolute Gasteiger partial charge is 0.336 e. The van der Waals surface area contributed by atoms with E-state index in [9.17, 15) is 4.79 Å². The highest BCUT2D eigenvalue weighted by atomic mass is 16.2. The van der Waals surface area contributed by atoms with Crippen LogP contribution in [-0.4, -0.2) is 60.5 Å². The number of hydrogen-bond acceptors (Lipinski definition) is 4. The van der Waals surface area contributed by atoms with E-state index in [1.807, 2.05) is 4.90 Å². The monoisotopic (exact) mass is 258 g/mol. The number of hydrogen-bond donors (Lipinski definition) is 1. The summed E-state index contributed by atoms with van der Waals surface area (Å²) in [4.78, 5) is 20.6. The van der Waals surface area contributed by atoms with E-state index in [1.54, 1.807) is 18.5 Å². The Hall–Kier alpha value is -1.90. The minimum Gasteiger partial charge on any atom is -0.336 e. The lowest BCUT2D eigenvalue weighted by Crippen LogP contribution is -2.47. The van der Waals surface area contributed by atoms with Crippen LogP contribution in [0.5, 0.6) is 0 Å². The highest BCUT2D eigenvalue weighted by Gasteiger charge is 2.21. The standard InChI is InChI=1S/C14H18N4O/c1-17-7-9-18(10-8-17)14(19)13-4-6-16-11-12(13)3-2-5-15/h4,6,11H,5,7-10,15H2,1H3. The van der Waals surface area contributed by atoms with E-state index in [0.717, 1.165) is 26.2 Å². The molecule has 0 radical (unpaired) electrons. The Bertz CT molecular complexity index is 510. The smallest absolute Gasteiger partial charge is 0.255 e. The zero-order valence-electron chi connectivity index (χ0n) is 11.1. The van der Waals surface area contributed by atoms with Crippen molar-refractivity contribution >= 4 is 5.91 Å². The zero-order valence-corrected chi connectivity index (χ0v) is 11.1. The van der Waals surface area contributed by atoms with E-state index in [2.05, 4.69) is 28.8 Å². The number of carbonyl (C=O) groups is 1. The van der Waals surface area contributed by atoms with Crippen LogP contribution in [0.4, 0.5) is 0 Å². The Balaban J connectivity index is 2.19. The molecule has 5 heteroatoms. The molecule has 1 aliphatic rings. The van der Waals surface area contributed by atoms with Crippen molar-refractivity contribution in [3.63, 3.8) is 0 Å². The van der Waals surface area contributed by atoms with E-state index in [1.165, 1.54) is 0 Å². The zero-order chi connectivity index (χ0) is 13.7. The molecule has 19 heavy (non-hydrogen) atoms. The van der Waals surface area contributed by atoms with Crippen LogP contribution in [0, 0.1) is 11.8 Å². The lowest BCUT2D eigenvalue weighted by atomic mass is 10.1. The number of nitrogens with zero attached hydrogens (tertiary/aromatic N) is 3. The van der Waals surface area contributed by atoms with Crippen molar-refractivity contribution in [2.75, 3.05) is 39.8 Å². The fourth-order valence-corrected chi connectivity index (χ4v) is 2.01. The molecule has 0 bridgehead atoms. The topological polar surface area (TPSA) is 62.5 Å². The lowest BCUT2D eigenvalue weighted by Gasteiger charge is -2.32. The Morgan fingerprint density at radius 1 is 1.42 bits per heavy atom. The first-order chi connectivity index (χ1) is 9.22. The summed E-state index contributed by atoms with van der Waals surface area (Å²) in [5, 5.41) is 0. The van der Waals surface area contributed by atoms with Crippen LogP contribution >= 0.6 is 0 Å². The van der Waals surface area contributed by atoms with E-state index in [-0.39, 0.29) is 12.5 Å². The number of piperazine rings is 1. The molecule has 5 nitrogen and oxygen atoms in total. The van der Waals surface area contributed by atoms with E-state index in [4.69, 9.17) is 5.73 Å². The van der Waals surface area contributed by atoms with Gasteiger partial charge in [0.15, 0.2) is 0 Å². The summed E-state index contributed by atoms with van der Waals surface area (Å²) in [5.74, 6) is 5.70. The number of rotatable bonds is 1. The minimum absolute atomic E-state index is 0.0248. The molecular weight excluding hydrogens is 240 g/mol. The molecule has 100 valence electrons. The highest BCUT2D eigenvalue weighted by molar-refractivity contribution is 5.96. The van der Waals surface area contributed by atoms with Gasteiger partial charge in [-0.15, -0.1) is 0 Å². The first-order valence-electron chi connectivity index (χ1n) is 6.33. The van der Waals surface area contributed by atoms with Gasteiger partial charge in [0.2, 0.25) is 0 Å². The molecule has 0 unspecified atom stereocenters. The van der Waals surface area contributed by atoms with Gasteiger partial charge in [0.25, 0.3) is 5.91 Å². The number of carbonyl (C=O) groups excluding carboxylic acids is 1. The van der Waals surface area contributed by atoms with Crippen molar-refractivity contribution in [3.8, 4) is 11.8 Å². The number of pyridine rings is 1. The summed E-state index contributed by atoms with van der Waals surface area (Å²) in [7, 11) is 2.06. The molecule has 0 saturated carbocycles. The van der Waals surface area contributed by atoms with E-state index in [0.29, 0.717) is 11.1 Å². The van der Waals surface area contributed by atoms with Gasteiger partial charge in [0, 0.05) is 38.6 Å². The summed E-state index contributed by atoms with van der Waals surface area (Å²) in [6.07, 6.45) is 3.24. The summed E-state index contributed by atoms with van der Waals surface area (Å²) >= 11 is 0. The Kier molecular flexibility index (Phi) is 4.50. The average Bonchev–Trinajstić information content (AvgIpc) is 2.45. The fourth-order valence-electron chi connectivity index (χ4n) is 2.01. The molecule has 2 N–H and O–H groups in total. The van der Waals surface area contributed by atoms with Crippen molar-refractivity contribution in [1.29, 1.82) is 0 Å². The van der Waals surface area contributed by atoms with Crippen LogP contribution < -0.4 is 5.73 Å². The normalized spacial score (nSPS) is 15.8. The second kappa shape index (κ2) is 6.32. The molecule has 0 aromatic carbocycles. The van der Waals surface area contributed by atoms with Gasteiger partial charge < -0.3 is 15.5 Å². The predicted molar refractivity (Wildman–Crippen MR) is 73.6 cm³/mol. The number of nitrogens with two attached hydrogens (primary N) is 1. The summed E-state index contributed by atoms with van der Waals surface area (Å²) < 4.78 is 0. The number of amides is 1. The highest BCUT2D eigenvalue weighted by Crippen LogP contribution is 2.11. The minimum atomic E-state index is 0.0248. The summed E-state index contributed by atoms with van der Waals surface area (Å²) in [5.41, 5.74) is 6.63. The molecule has 0 aliphatic carbocycles. The Morgan fingerprint density at radius 2 is 2.16 bits per heavy atom. The molecule has 1 aromatic heterocycles. The molecule has 1 fully saturated rings. The molecule has 2 heterocycles. The third-order valence-electron chi connectivity index (χ3n) is 3.17. The van der Waals surface area contributed by atoms with Crippen LogP contribution in [0.2, 0.25) is 0 Å². The SMILES string of the molecule is CN1CCN(C(=O)c2ccncc2C#CCN)CC1. The number of likely N-dealkylation sites (N-methyl/N-ethyl adjacent to an activating group) is 1. The van der Waals surface area contributed by atoms with Crippen molar-refractivity contribution in [2.45, 2.75) is 0 Å². The molecule has 2 rings (SSSR count). The second-order valence-electron chi connectivity index (χ2n) is 4.52. The van der Waals surface area contributed by atoms with Gasteiger partial charge in [-0.2, -0.15) is 0 Å². The maximum absolute atomic E-state index is 12.5. The maximum Gasteiger partial charge on any atom is 0.255 e. The first kappa shape index (κ1) is 13.5. The second-order valence-corrected chi connectivity index (χ2v) is 4.52. The molecule has 0 spiro atoms. The van der Waals surface area contributed by atoms with Crippen LogP contribution in [-0.2, 0) is 0 Å². The molecular formula is C14H18N4O. The van der Waals surface area contributed by atoms with Crippen LogP contribution in [0.1, 0.15) is 15.9 Å². The molecule has 0 atom stereocenters. The van der Waals surface area contributed by atoms with Crippen molar-refractivity contribution in [3.05, 3.63) is 29.6 Å². The van der Waals surface area contributed by atoms with Crippen LogP contribution in [0.15, 0.2) is 18.5 Å². The van der Waals surface area contributed by atoms with Gasteiger partial charge in [0.05, 0.1) is 17.7 Å². The van der Waals surface area contributed by atoms with Gasteiger partial charge in [-0.25, -0.2) is 0 Å². The van der Waals surface area contributed by atoms with Crippen LogP contribution in [0.3, 0.4) is 0 Å². The quantitative estimate of drug-likeness (QED) is 0.707. The molecule has 1 amide bonds. The van der Waals surface area contributed by atoms with Crippen molar-refractivity contribution in [2.24, 2.45) is 5.73 Å². The predicted octanol–water partition coefficient (Wildman–Crippen LogP) is -0.221. The third-order valence-corrected chi connectivity index (χ3v) is 3.17. The summed E-state index contributed by atoms with van der Waals surface area (Å²) in [6.45, 7) is 3.58. The number of aromatic nitrogens is 1. The lowest BCUT2D eigenvalue weighted by molar-refractivity contribution is 0.0663. The molecule has 1 saturated heterocycles. The molecule has 1 aliphatic heterocycles. The van der Waals surface area contributed by atoms with Gasteiger partial charge >= 0.3 is 0 Å². The van der Waals surface area contributed by atoms with E-state index < -0.39 is 0 Å². The van der Waals surface area contributed by atoms with Crippen molar-refractivity contribution in [1.82, 2.24) is 14.8 Å². The van der Waals surface area contributed by atoms with Gasteiger partial charge in [-0.05, 0) is 13.1 Å². The van der Waals surface area contributed by atoms with Gasteiger partial charge in [-0.3, -0.25) is 9.78 Å². The average molecular weight is 258 g/mol. The summed E-state index contributed by atoms with van der Waals surface area (Å²) in [6, 6.07) is 1.72. The molecule has 1 aromatic rings. The van der Waals surface area contributed by atoms with Crippen LogP contribution in [0.25, 0.3) is 0 Å². The van der Waals surface area contributed by atoms with Gasteiger partial charge in [-0.1, -0.05) is 11.8 Å². The van der Waals surface area contributed by atoms with E-state index >= 15 is 0 Å². The maximum atomic E-state index is 12.5. The Labute approximate surface area is 113 Å². The Morgan fingerprint density at radius 3 is 2.84 bits per heavy atom.